The lowest BCUT2D eigenvalue weighted by molar-refractivity contribution is -0.116. The van der Waals surface area contributed by atoms with E-state index in [0.29, 0.717) is 22.8 Å². The summed E-state index contributed by atoms with van der Waals surface area (Å²) in [7, 11) is -3.46. The molecule has 1 amide bonds. The Morgan fingerprint density at radius 2 is 1.58 bits per heavy atom. The molecule has 3 aromatic rings. The van der Waals surface area contributed by atoms with Crippen LogP contribution < -0.4 is 9.62 Å². The predicted molar refractivity (Wildman–Crippen MR) is 125 cm³/mol. The minimum Gasteiger partial charge on any atom is -0.326 e. The monoisotopic (exact) mass is 457 g/mol. The molecule has 0 unspecified atom stereocenters. The summed E-state index contributed by atoms with van der Waals surface area (Å²) in [6.45, 7) is 0.207. The van der Waals surface area contributed by atoms with Crippen LogP contribution in [0.25, 0.3) is 0 Å². The van der Waals surface area contributed by atoms with E-state index in [-0.39, 0.29) is 18.9 Å². The summed E-state index contributed by atoms with van der Waals surface area (Å²) in [5, 5.41) is 3.39. The lowest BCUT2D eigenvalue weighted by Crippen LogP contribution is -2.31. The van der Waals surface area contributed by atoms with Gasteiger partial charge in [-0.25, -0.2) is 8.42 Å². The molecule has 0 aliphatic heterocycles. The molecule has 1 N–H and O–H groups in total. The lowest BCUT2D eigenvalue weighted by atomic mass is 10.1. The SMILES string of the molecule is CS(=O)(=O)N(CCCC(=O)Nc1ccc(Cc2ccncc2)cc1)c1ccc(Cl)cc1. The third-order valence-corrected chi connectivity index (χ3v) is 6.12. The van der Waals surface area contributed by atoms with Crippen molar-refractivity contribution in [2.24, 2.45) is 0 Å². The van der Waals surface area contributed by atoms with Gasteiger partial charge in [0.25, 0.3) is 0 Å². The Morgan fingerprint density at radius 3 is 2.19 bits per heavy atom. The highest BCUT2D eigenvalue weighted by Gasteiger charge is 2.17. The van der Waals surface area contributed by atoms with Crippen molar-refractivity contribution < 1.29 is 13.2 Å². The van der Waals surface area contributed by atoms with Gasteiger partial charge in [0.1, 0.15) is 0 Å². The summed E-state index contributed by atoms with van der Waals surface area (Å²) in [5.74, 6) is -0.161. The second-order valence-electron chi connectivity index (χ2n) is 7.19. The van der Waals surface area contributed by atoms with Gasteiger partial charge in [-0.05, 0) is 72.5 Å². The molecule has 31 heavy (non-hydrogen) atoms. The Labute approximate surface area is 187 Å². The van der Waals surface area contributed by atoms with Crippen LogP contribution in [0.15, 0.2) is 73.1 Å². The number of carbonyl (C=O) groups excluding carboxylic acids is 1. The van der Waals surface area contributed by atoms with Gasteiger partial charge in [-0.2, -0.15) is 0 Å². The Morgan fingerprint density at radius 1 is 0.968 bits per heavy atom. The molecule has 6 nitrogen and oxygen atoms in total. The van der Waals surface area contributed by atoms with Crippen molar-refractivity contribution in [1.82, 2.24) is 4.98 Å². The van der Waals surface area contributed by atoms with Crippen LogP contribution in [0.3, 0.4) is 0 Å². The Hall–Kier alpha value is -2.90. The number of anilines is 2. The first-order valence-corrected chi connectivity index (χ1v) is 12.0. The van der Waals surface area contributed by atoms with E-state index in [0.717, 1.165) is 18.2 Å². The number of amides is 1. The maximum absolute atomic E-state index is 12.3. The van der Waals surface area contributed by atoms with Crippen LogP contribution in [0.1, 0.15) is 24.0 Å². The van der Waals surface area contributed by atoms with Gasteiger partial charge in [-0.1, -0.05) is 23.7 Å². The van der Waals surface area contributed by atoms with E-state index in [2.05, 4.69) is 10.3 Å². The fourth-order valence-corrected chi connectivity index (χ4v) is 4.23. The number of hydrogen-bond donors (Lipinski definition) is 1. The quantitative estimate of drug-likeness (QED) is 0.512. The van der Waals surface area contributed by atoms with E-state index in [4.69, 9.17) is 11.6 Å². The second-order valence-corrected chi connectivity index (χ2v) is 9.54. The highest BCUT2D eigenvalue weighted by Crippen LogP contribution is 2.21. The molecule has 162 valence electrons. The molecule has 1 heterocycles. The van der Waals surface area contributed by atoms with Crippen LogP contribution in [0, 0.1) is 0 Å². The molecule has 0 saturated carbocycles. The molecule has 0 bridgehead atoms. The highest BCUT2D eigenvalue weighted by molar-refractivity contribution is 7.92. The van der Waals surface area contributed by atoms with Crippen molar-refractivity contribution in [3.8, 4) is 0 Å². The number of nitrogens with one attached hydrogen (secondary N) is 1. The number of halogens is 1. The zero-order chi connectivity index (χ0) is 22.3. The maximum Gasteiger partial charge on any atom is 0.232 e. The molecule has 3 rings (SSSR count). The van der Waals surface area contributed by atoms with Crippen LogP contribution in [-0.2, 0) is 21.2 Å². The number of hydrogen-bond acceptors (Lipinski definition) is 4. The van der Waals surface area contributed by atoms with Gasteiger partial charge in [-0.15, -0.1) is 0 Å². The number of sulfonamides is 1. The summed E-state index contributed by atoms with van der Waals surface area (Å²) < 4.78 is 25.6. The third kappa shape index (κ3) is 7.08. The zero-order valence-corrected chi connectivity index (χ0v) is 18.7. The van der Waals surface area contributed by atoms with E-state index in [9.17, 15) is 13.2 Å². The van der Waals surface area contributed by atoms with Gasteiger partial charge < -0.3 is 5.32 Å². The maximum atomic E-state index is 12.3. The first-order valence-electron chi connectivity index (χ1n) is 9.82. The van der Waals surface area contributed by atoms with Gasteiger partial charge in [-0.3, -0.25) is 14.1 Å². The molecule has 2 aromatic carbocycles. The van der Waals surface area contributed by atoms with Crippen LogP contribution >= 0.6 is 11.6 Å². The van der Waals surface area contributed by atoms with E-state index >= 15 is 0 Å². The van der Waals surface area contributed by atoms with E-state index in [1.165, 1.54) is 9.87 Å². The topological polar surface area (TPSA) is 79.4 Å². The van der Waals surface area contributed by atoms with Gasteiger partial charge in [0.05, 0.1) is 11.9 Å². The van der Waals surface area contributed by atoms with Crippen molar-refractivity contribution in [3.63, 3.8) is 0 Å². The van der Waals surface area contributed by atoms with Crippen molar-refractivity contribution >= 4 is 38.9 Å². The normalized spacial score (nSPS) is 11.2. The molecule has 0 atom stereocenters. The first kappa shape index (κ1) is 22.8. The van der Waals surface area contributed by atoms with Crippen molar-refractivity contribution in [2.45, 2.75) is 19.3 Å². The average Bonchev–Trinajstić information content (AvgIpc) is 2.73. The van der Waals surface area contributed by atoms with Crippen LogP contribution in [0.5, 0.6) is 0 Å². The van der Waals surface area contributed by atoms with Gasteiger partial charge in [0.15, 0.2) is 0 Å². The molecule has 0 radical (unpaired) electrons. The fourth-order valence-electron chi connectivity index (χ4n) is 3.14. The summed E-state index contributed by atoms with van der Waals surface area (Å²) in [4.78, 5) is 16.3. The number of nitrogens with zero attached hydrogens (tertiary/aromatic N) is 2. The molecule has 8 heteroatoms. The minimum atomic E-state index is -3.46. The third-order valence-electron chi connectivity index (χ3n) is 4.68. The minimum absolute atomic E-state index is 0.161. The van der Waals surface area contributed by atoms with E-state index in [1.54, 1.807) is 36.7 Å². The lowest BCUT2D eigenvalue weighted by Gasteiger charge is -2.22. The van der Waals surface area contributed by atoms with E-state index < -0.39 is 10.0 Å². The van der Waals surface area contributed by atoms with Gasteiger partial charge in [0.2, 0.25) is 15.9 Å². The Kier molecular flexibility index (Phi) is 7.65. The average molecular weight is 458 g/mol. The zero-order valence-electron chi connectivity index (χ0n) is 17.2. The predicted octanol–water partition coefficient (Wildman–Crippen LogP) is 4.51. The molecule has 0 saturated heterocycles. The van der Waals surface area contributed by atoms with Crippen molar-refractivity contribution in [3.05, 3.63) is 89.2 Å². The molecule has 1 aromatic heterocycles. The highest BCUT2D eigenvalue weighted by atomic mass is 35.5. The molecule has 0 spiro atoms. The molecular formula is C23H24ClN3O3S. The molecule has 0 aliphatic carbocycles. The summed E-state index contributed by atoms with van der Waals surface area (Å²) in [6, 6.07) is 18.2. The summed E-state index contributed by atoms with van der Waals surface area (Å²) in [6.07, 6.45) is 6.07. The Balaban J connectivity index is 1.51. The van der Waals surface area contributed by atoms with Crippen molar-refractivity contribution in [2.75, 3.05) is 22.4 Å². The number of pyridine rings is 1. The summed E-state index contributed by atoms with van der Waals surface area (Å²) >= 11 is 5.88. The van der Waals surface area contributed by atoms with Crippen LogP contribution in [-0.4, -0.2) is 32.1 Å². The standard InChI is InChI=1S/C23H24ClN3O3S/c1-31(29,30)27(22-10-6-20(24)7-11-22)16-2-3-23(28)26-21-8-4-18(5-9-21)17-19-12-14-25-15-13-19/h4-15H,2-3,16-17H2,1H3,(H,26,28). The first-order chi connectivity index (χ1) is 14.8. The number of carbonyl (C=O) groups is 1. The molecule has 0 aliphatic rings. The van der Waals surface area contributed by atoms with E-state index in [1.807, 2.05) is 36.4 Å². The number of aromatic nitrogens is 1. The largest absolute Gasteiger partial charge is 0.326 e. The van der Waals surface area contributed by atoms with Gasteiger partial charge >= 0.3 is 0 Å². The van der Waals surface area contributed by atoms with Crippen molar-refractivity contribution in [1.29, 1.82) is 0 Å². The Bertz CT molecular complexity index is 1100. The fraction of sp³-hybridized carbons (Fsp3) is 0.217. The van der Waals surface area contributed by atoms with Crippen LogP contribution in [0.2, 0.25) is 5.02 Å². The molecular weight excluding hydrogens is 434 g/mol. The number of rotatable bonds is 9. The smallest absolute Gasteiger partial charge is 0.232 e. The van der Waals surface area contributed by atoms with Crippen LogP contribution in [0.4, 0.5) is 11.4 Å². The summed E-state index contributed by atoms with van der Waals surface area (Å²) in [5.41, 5.74) is 3.54. The second kappa shape index (κ2) is 10.4. The van der Waals surface area contributed by atoms with Gasteiger partial charge in [0, 0.05) is 36.1 Å². The number of benzene rings is 2. The molecule has 0 fully saturated rings.